The molecular formula is C18H17N5OS. The smallest absolute Gasteiger partial charge is 0.187 e. The number of nitrogens with zero attached hydrogens (tertiary/aromatic N) is 3. The summed E-state index contributed by atoms with van der Waals surface area (Å²) in [5.74, 6) is 0. The van der Waals surface area contributed by atoms with Crippen LogP contribution in [-0.2, 0) is 0 Å². The van der Waals surface area contributed by atoms with E-state index in [1.54, 1.807) is 13.0 Å². The van der Waals surface area contributed by atoms with E-state index in [0.29, 0.717) is 11.4 Å². The van der Waals surface area contributed by atoms with Crippen LogP contribution in [0, 0.1) is 12.3 Å². The van der Waals surface area contributed by atoms with Crippen molar-refractivity contribution >= 4 is 34.1 Å². The molecule has 0 atom stereocenters. The highest BCUT2D eigenvalue weighted by atomic mass is 32.1. The zero-order chi connectivity index (χ0) is 17.8. The molecule has 0 unspecified atom stereocenters. The average molecular weight is 351 g/mol. The van der Waals surface area contributed by atoms with Gasteiger partial charge >= 0.3 is 0 Å². The zero-order valence-corrected chi connectivity index (χ0v) is 14.6. The van der Waals surface area contributed by atoms with Crippen LogP contribution >= 0.6 is 11.3 Å². The summed E-state index contributed by atoms with van der Waals surface area (Å²) in [6.07, 6.45) is 1.30. The molecule has 0 bridgehead atoms. The third-order valence-electron chi connectivity index (χ3n) is 3.63. The summed E-state index contributed by atoms with van der Waals surface area (Å²) < 4.78 is 0. The van der Waals surface area contributed by atoms with Gasteiger partial charge < -0.3 is 15.9 Å². The van der Waals surface area contributed by atoms with Crippen LogP contribution in [0.3, 0.4) is 0 Å². The minimum atomic E-state index is 0.453. The third kappa shape index (κ3) is 3.72. The maximum atomic E-state index is 8.94. The van der Waals surface area contributed by atoms with E-state index in [2.05, 4.69) is 20.4 Å². The lowest BCUT2D eigenvalue weighted by Crippen LogP contribution is -2.00. The molecule has 0 aliphatic rings. The van der Waals surface area contributed by atoms with Gasteiger partial charge in [-0.2, -0.15) is 0 Å². The second-order valence-electron chi connectivity index (χ2n) is 5.46. The lowest BCUT2D eigenvalue weighted by atomic mass is 10.1. The van der Waals surface area contributed by atoms with E-state index in [1.807, 2.05) is 42.6 Å². The second kappa shape index (κ2) is 7.23. The van der Waals surface area contributed by atoms with Crippen molar-refractivity contribution < 1.29 is 5.21 Å². The monoisotopic (exact) mass is 351 g/mol. The highest BCUT2D eigenvalue weighted by molar-refractivity contribution is 7.13. The standard InChI is InChI=1S/C18H17N5OS/c1-11-10-25-18(20-11)22-17-8-13(6-7-14(17)9-19)16-5-3-4-15(21-16)12(2)23-24/h3-10,19,24H,1-2H3,(H,20,22)/b19-9?,23-12-. The molecule has 0 saturated carbocycles. The van der Waals surface area contributed by atoms with Crippen molar-refractivity contribution in [1.29, 1.82) is 5.41 Å². The van der Waals surface area contributed by atoms with Crippen LogP contribution in [0.15, 0.2) is 46.9 Å². The molecule has 7 heteroatoms. The topological polar surface area (TPSA) is 94.2 Å². The molecule has 3 rings (SSSR count). The molecule has 126 valence electrons. The average Bonchev–Trinajstić information content (AvgIpc) is 3.06. The Labute approximate surface area is 149 Å². The van der Waals surface area contributed by atoms with E-state index >= 15 is 0 Å². The summed E-state index contributed by atoms with van der Waals surface area (Å²) in [5, 5.41) is 25.8. The number of rotatable bonds is 5. The minimum absolute atomic E-state index is 0.453. The minimum Gasteiger partial charge on any atom is -0.411 e. The van der Waals surface area contributed by atoms with Gasteiger partial charge in [-0.3, -0.25) is 0 Å². The Kier molecular flexibility index (Phi) is 4.85. The van der Waals surface area contributed by atoms with Gasteiger partial charge in [-0.15, -0.1) is 11.3 Å². The van der Waals surface area contributed by atoms with Gasteiger partial charge in [-0.05, 0) is 32.0 Å². The molecule has 25 heavy (non-hydrogen) atoms. The van der Waals surface area contributed by atoms with Crippen molar-refractivity contribution in [1.82, 2.24) is 9.97 Å². The van der Waals surface area contributed by atoms with Crippen LogP contribution in [-0.4, -0.2) is 27.1 Å². The van der Waals surface area contributed by atoms with E-state index in [-0.39, 0.29) is 0 Å². The molecule has 0 spiro atoms. The number of aryl methyl sites for hydroxylation is 1. The van der Waals surface area contributed by atoms with Gasteiger partial charge in [0, 0.05) is 28.4 Å². The van der Waals surface area contributed by atoms with E-state index in [9.17, 15) is 0 Å². The Balaban J connectivity index is 2.00. The SMILES string of the molecule is C/C(=N/O)c1cccc(-c2ccc(C=N)c(Nc3nc(C)cs3)c2)n1. The summed E-state index contributed by atoms with van der Waals surface area (Å²) in [6, 6.07) is 11.3. The molecule has 2 heterocycles. The fourth-order valence-electron chi connectivity index (χ4n) is 2.32. The van der Waals surface area contributed by atoms with Crippen molar-refractivity contribution in [3.63, 3.8) is 0 Å². The molecule has 3 aromatic rings. The highest BCUT2D eigenvalue weighted by Crippen LogP contribution is 2.28. The Morgan fingerprint density at radius 2 is 2.12 bits per heavy atom. The van der Waals surface area contributed by atoms with Crippen molar-refractivity contribution in [3.8, 4) is 11.3 Å². The lowest BCUT2D eigenvalue weighted by molar-refractivity contribution is 0.319. The number of nitrogens with one attached hydrogen (secondary N) is 2. The number of hydrogen-bond donors (Lipinski definition) is 3. The van der Waals surface area contributed by atoms with Crippen LogP contribution in [0.2, 0.25) is 0 Å². The van der Waals surface area contributed by atoms with Crippen molar-refractivity contribution in [2.75, 3.05) is 5.32 Å². The maximum absolute atomic E-state index is 8.94. The molecule has 0 aliphatic carbocycles. The predicted octanol–water partition coefficient (Wildman–Crippen LogP) is 4.45. The molecule has 3 N–H and O–H groups in total. The number of anilines is 2. The van der Waals surface area contributed by atoms with Gasteiger partial charge in [0.15, 0.2) is 5.13 Å². The van der Waals surface area contributed by atoms with E-state index < -0.39 is 0 Å². The Bertz CT molecular complexity index is 948. The van der Waals surface area contributed by atoms with Crippen LogP contribution in [0.25, 0.3) is 11.3 Å². The lowest BCUT2D eigenvalue weighted by Gasteiger charge is -2.10. The fourth-order valence-corrected chi connectivity index (χ4v) is 3.02. The molecule has 6 nitrogen and oxygen atoms in total. The number of aromatic nitrogens is 2. The molecule has 2 aromatic heterocycles. The number of oxime groups is 1. The summed E-state index contributed by atoms with van der Waals surface area (Å²) >= 11 is 1.52. The molecule has 0 saturated heterocycles. The van der Waals surface area contributed by atoms with Gasteiger partial charge in [-0.1, -0.05) is 23.4 Å². The Morgan fingerprint density at radius 3 is 2.80 bits per heavy atom. The van der Waals surface area contributed by atoms with Crippen LogP contribution in [0.5, 0.6) is 0 Å². The van der Waals surface area contributed by atoms with Gasteiger partial charge in [0.2, 0.25) is 0 Å². The van der Waals surface area contributed by atoms with Crippen LogP contribution in [0.4, 0.5) is 10.8 Å². The summed E-state index contributed by atoms with van der Waals surface area (Å²) in [4.78, 5) is 8.94. The van der Waals surface area contributed by atoms with E-state index in [0.717, 1.165) is 33.3 Å². The molecule has 0 amide bonds. The maximum Gasteiger partial charge on any atom is 0.187 e. The third-order valence-corrected chi connectivity index (χ3v) is 4.51. The summed E-state index contributed by atoms with van der Waals surface area (Å²) in [7, 11) is 0. The first-order valence-corrected chi connectivity index (χ1v) is 8.49. The van der Waals surface area contributed by atoms with Crippen LogP contribution in [0.1, 0.15) is 23.9 Å². The second-order valence-corrected chi connectivity index (χ2v) is 6.32. The summed E-state index contributed by atoms with van der Waals surface area (Å²) in [5.41, 5.74) is 5.23. The van der Waals surface area contributed by atoms with Crippen molar-refractivity contribution in [2.45, 2.75) is 13.8 Å². The first-order valence-electron chi connectivity index (χ1n) is 7.61. The normalized spacial score (nSPS) is 11.4. The molecule has 1 aromatic carbocycles. The quantitative estimate of drug-likeness (QED) is 0.359. The first-order chi connectivity index (χ1) is 12.1. The first kappa shape index (κ1) is 16.8. The highest BCUT2D eigenvalue weighted by Gasteiger charge is 2.09. The molecule has 0 radical (unpaired) electrons. The summed E-state index contributed by atoms with van der Waals surface area (Å²) in [6.45, 7) is 3.64. The predicted molar refractivity (Wildman–Crippen MR) is 102 cm³/mol. The van der Waals surface area contributed by atoms with Crippen molar-refractivity contribution in [2.24, 2.45) is 5.16 Å². The van der Waals surface area contributed by atoms with Gasteiger partial charge in [0.25, 0.3) is 0 Å². The molecular weight excluding hydrogens is 334 g/mol. The number of pyridine rings is 1. The molecule has 0 aliphatic heterocycles. The van der Waals surface area contributed by atoms with Gasteiger partial charge in [-0.25, -0.2) is 9.97 Å². The fraction of sp³-hybridized carbons (Fsp3) is 0.111. The zero-order valence-electron chi connectivity index (χ0n) is 13.8. The largest absolute Gasteiger partial charge is 0.411 e. The Morgan fingerprint density at radius 1 is 1.28 bits per heavy atom. The number of hydrogen-bond acceptors (Lipinski definition) is 7. The van der Waals surface area contributed by atoms with Crippen LogP contribution < -0.4 is 5.32 Å². The van der Waals surface area contributed by atoms with E-state index in [4.69, 9.17) is 10.6 Å². The Hall–Kier alpha value is -3.06. The number of thiazole rings is 1. The van der Waals surface area contributed by atoms with Gasteiger partial charge in [0.05, 0.1) is 17.1 Å². The van der Waals surface area contributed by atoms with Crippen molar-refractivity contribution in [3.05, 3.63) is 58.7 Å². The van der Waals surface area contributed by atoms with E-state index in [1.165, 1.54) is 17.6 Å². The number of benzene rings is 1. The molecule has 0 fully saturated rings. The van der Waals surface area contributed by atoms with Gasteiger partial charge in [0.1, 0.15) is 5.71 Å².